The molecule has 2 rings (SSSR count). The first-order valence-corrected chi connectivity index (χ1v) is 3.49. The summed E-state index contributed by atoms with van der Waals surface area (Å²) >= 11 is 0. The lowest BCUT2D eigenvalue weighted by Crippen LogP contribution is -2.21. The van der Waals surface area contributed by atoms with E-state index in [1.165, 1.54) is 0 Å². The van der Waals surface area contributed by atoms with E-state index in [1.807, 2.05) is 0 Å². The second-order valence-electron chi connectivity index (χ2n) is 2.45. The van der Waals surface area contributed by atoms with E-state index in [2.05, 4.69) is 9.97 Å². The minimum Gasteiger partial charge on any atom is -0.307 e. The first kappa shape index (κ1) is 12.7. The van der Waals surface area contributed by atoms with Crippen molar-refractivity contribution in [2.24, 2.45) is 0 Å². The summed E-state index contributed by atoms with van der Waals surface area (Å²) in [5, 5.41) is 0.497. The molecule has 2 aromatic rings. The third-order valence-corrected chi connectivity index (χ3v) is 1.65. The van der Waals surface area contributed by atoms with E-state index in [4.69, 9.17) is 0 Å². The zero-order valence-corrected chi connectivity index (χ0v) is 8.58. The van der Waals surface area contributed by atoms with Crippen LogP contribution < -0.4 is 11.2 Å². The second-order valence-corrected chi connectivity index (χ2v) is 2.45. The summed E-state index contributed by atoms with van der Waals surface area (Å²) < 4.78 is 0. The maximum Gasteiger partial charge on any atom is 0.326 e. The third kappa shape index (κ3) is 2.16. The number of hydrogen-bond acceptors (Lipinski definition) is 2. The van der Waals surface area contributed by atoms with Crippen LogP contribution >= 0.6 is 24.8 Å². The van der Waals surface area contributed by atoms with Crippen molar-refractivity contribution in [1.29, 1.82) is 0 Å². The summed E-state index contributed by atoms with van der Waals surface area (Å²) in [7, 11) is 0. The molecule has 0 saturated carbocycles. The molecule has 0 spiro atoms. The Labute approximate surface area is 91.2 Å². The van der Waals surface area contributed by atoms with Crippen molar-refractivity contribution in [1.82, 2.24) is 9.97 Å². The number of nitrogens with one attached hydrogen (secondary N) is 2. The van der Waals surface area contributed by atoms with Crippen molar-refractivity contribution in [3.63, 3.8) is 0 Å². The van der Waals surface area contributed by atoms with Gasteiger partial charge >= 0.3 is 5.69 Å². The predicted octanol–water partition coefficient (Wildman–Crippen LogP) is 1.06. The molecular weight excluding hydrogens is 227 g/mol. The van der Waals surface area contributed by atoms with Crippen molar-refractivity contribution in [3.8, 4) is 0 Å². The maximum atomic E-state index is 11.1. The van der Waals surface area contributed by atoms with Crippen molar-refractivity contribution in [2.75, 3.05) is 0 Å². The number of rotatable bonds is 0. The molecular formula is C8H8Cl2N2O2. The van der Waals surface area contributed by atoms with E-state index < -0.39 is 5.69 Å². The van der Waals surface area contributed by atoms with Crippen LogP contribution in [0.25, 0.3) is 10.9 Å². The van der Waals surface area contributed by atoms with Gasteiger partial charge in [-0.2, -0.15) is 0 Å². The van der Waals surface area contributed by atoms with Crippen LogP contribution in [0.5, 0.6) is 0 Å². The molecule has 0 aliphatic heterocycles. The summed E-state index contributed by atoms with van der Waals surface area (Å²) in [5.41, 5.74) is -0.265. The number of halogens is 2. The largest absolute Gasteiger partial charge is 0.326 e. The molecule has 0 atom stereocenters. The molecule has 1 aromatic carbocycles. The Morgan fingerprint density at radius 2 is 1.57 bits per heavy atom. The molecule has 0 bridgehead atoms. The van der Waals surface area contributed by atoms with E-state index in [0.717, 1.165) is 0 Å². The summed E-state index contributed by atoms with van der Waals surface area (Å²) in [6.07, 6.45) is 0. The molecule has 1 aromatic heterocycles. The van der Waals surface area contributed by atoms with Crippen LogP contribution in [-0.4, -0.2) is 9.97 Å². The van der Waals surface area contributed by atoms with Gasteiger partial charge in [-0.25, -0.2) is 4.79 Å². The van der Waals surface area contributed by atoms with E-state index in [9.17, 15) is 9.59 Å². The van der Waals surface area contributed by atoms with Crippen LogP contribution in [0.3, 0.4) is 0 Å². The second kappa shape index (κ2) is 4.83. The fourth-order valence-electron chi connectivity index (χ4n) is 1.11. The van der Waals surface area contributed by atoms with E-state index in [0.29, 0.717) is 10.9 Å². The average Bonchev–Trinajstić information content (AvgIpc) is 2.04. The third-order valence-electron chi connectivity index (χ3n) is 1.65. The van der Waals surface area contributed by atoms with Crippen LogP contribution in [0, 0.1) is 0 Å². The van der Waals surface area contributed by atoms with Gasteiger partial charge < -0.3 is 4.98 Å². The molecule has 6 heteroatoms. The summed E-state index contributed by atoms with van der Waals surface area (Å²) in [6.45, 7) is 0. The molecule has 76 valence electrons. The van der Waals surface area contributed by atoms with Crippen molar-refractivity contribution in [2.45, 2.75) is 0 Å². The van der Waals surface area contributed by atoms with Gasteiger partial charge in [0.2, 0.25) is 0 Å². The molecule has 14 heavy (non-hydrogen) atoms. The Kier molecular flexibility index (Phi) is 4.40. The van der Waals surface area contributed by atoms with Gasteiger partial charge in [-0.15, -0.1) is 24.8 Å². The summed E-state index contributed by atoms with van der Waals surface area (Å²) in [6, 6.07) is 6.85. The number of hydrogen-bond donors (Lipinski definition) is 2. The van der Waals surface area contributed by atoms with Gasteiger partial charge in [-0.05, 0) is 12.1 Å². The van der Waals surface area contributed by atoms with Crippen LogP contribution in [-0.2, 0) is 0 Å². The SMILES string of the molecule is Cl.Cl.O=c1[nH]c(=O)c2ccccc2[nH]1. The fraction of sp³-hybridized carbons (Fsp3) is 0. The number of H-pyrrole nitrogens is 2. The molecule has 2 N–H and O–H groups in total. The first-order chi connectivity index (χ1) is 5.77. The highest BCUT2D eigenvalue weighted by atomic mass is 35.5. The van der Waals surface area contributed by atoms with Gasteiger partial charge in [-0.1, -0.05) is 12.1 Å². The van der Waals surface area contributed by atoms with Crippen LogP contribution in [0.1, 0.15) is 0 Å². The lowest BCUT2D eigenvalue weighted by atomic mass is 10.2. The molecule has 0 aliphatic carbocycles. The number of aromatic nitrogens is 2. The van der Waals surface area contributed by atoms with E-state index >= 15 is 0 Å². The normalized spacial score (nSPS) is 8.86. The Bertz CT molecular complexity index is 532. The highest BCUT2D eigenvalue weighted by molar-refractivity contribution is 5.85. The zero-order chi connectivity index (χ0) is 8.55. The average molecular weight is 235 g/mol. The Hall–Kier alpha value is -1.26. The molecule has 4 nitrogen and oxygen atoms in total. The first-order valence-electron chi connectivity index (χ1n) is 3.49. The molecule has 0 aliphatic rings. The highest BCUT2D eigenvalue weighted by Crippen LogP contribution is 2.01. The van der Waals surface area contributed by atoms with Gasteiger partial charge in [0.1, 0.15) is 0 Å². The van der Waals surface area contributed by atoms with Crippen LogP contribution in [0.15, 0.2) is 33.9 Å². The lowest BCUT2D eigenvalue weighted by molar-refractivity contribution is 1.08. The number of fused-ring (bicyclic) bond motifs is 1. The Morgan fingerprint density at radius 3 is 2.29 bits per heavy atom. The van der Waals surface area contributed by atoms with E-state index in [1.54, 1.807) is 24.3 Å². The number of benzene rings is 1. The van der Waals surface area contributed by atoms with Gasteiger partial charge in [0.25, 0.3) is 5.56 Å². The standard InChI is InChI=1S/C8H6N2O2.2ClH/c11-7-5-3-1-2-4-6(5)9-8(12)10-7;;/h1-4H,(H2,9,10,11,12);2*1H. The minimum absolute atomic E-state index is 0. The van der Waals surface area contributed by atoms with Crippen LogP contribution in [0.2, 0.25) is 0 Å². The highest BCUT2D eigenvalue weighted by Gasteiger charge is 1.96. The number of aromatic amines is 2. The smallest absolute Gasteiger partial charge is 0.307 e. The number of para-hydroxylation sites is 1. The zero-order valence-electron chi connectivity index (χ0n) is 6.94. The monoisotopic (exact) mass is 234 g/mol. The lowest BCUT2D eigenvalue weighted by Gasteiger charge is -1.92. The summed E-state index contributed by atoms with van der Waals surface area (Å²) in [4.78, 5) is 26.6. The predicted molar refractivity (Wildman–Crippen MR) is 59.7 cm³/mol. The minimum atomic E-state index is -0.473. The van der Waals surface area contributed by atoms with Crippen LogP contribution in [0.4, 0.5) is 0 Å². The van der Waals surface area contributed by atoms with E-state index in [-0.39, 0.29) is 30.4 Å². The molecule has 0 saturated heterocycles. The maximum absolute atomic E-state index is 11.1. The molecule has 1 heterocycles. The van der Waals surface area contributed by atoms with Crippen molar-refractivity contribution in [3.05, 3.63) is 45.1 Å². The van der Waals surface area contributed by atoms with Gasteiger partial charge in [0.15, 0.2) is 0 Å². The summed E-state index contributed by atoms with van der Waals surface area (Å²) in [5.74, 6) is 0. The molecule has 0 amide bonds. The van der Waals surface area contributed by atoms with Crippen molar-refractivity contribution >= 4 is 35.7 Å². The topological polar surface area (TPSA) is 65.7 Å². The molecule has 0 unspecified atom stereocenters. The van der Waals surface area contributed by atoms with Gasteiger partial charge in [0, 0.05) is 0 Å². The quantitative estimate of drug-likeness (QED) is 0.716. The van der Waals surface area contributed by atoms with Gasteiger partial charge in [0.05, 0.1) is 10.9 Å². The molecule has 0 radical (unpaired) electrons. The Balaban J connectivity index is 0.000000845. The van der Waals surface area contributed by atoms with Crippen molar-refractivity contribution < 1.29 is 0 Å². The van der Waals surface area contributed by atoms with Gasteiger partial charge in [-0.3, -0.25) is 9.78 Å². The fourth-order valence-corrected chi connectivity index (χ4v) is 1.11. The Morgan fingerprint density at radius 1 is 0.929 bits per heavy atom. The molecule has 0 fully saturated rings.